The Hall–Kier alpha value is -2.34. The standard InChI is InChI=1S/C41H62N2.2C3H5.Pd/c1-7-12-17-21-33-26-34(22-18-13-8-2)29-37(28-33)40-32(6)39(25-16-11-5)41(43(40)42)38-30-35(23-19-14-9-3)27-36(31-38)24-20-15-10-4;2*1-3-2;/h26-31H,7-25H2,1-6H3;2*3H,1-2H2;. The molecule has 0 atom stereocenters. The van der Waals surface area contributed by atoms with Crippen molar-refractivity contribution < 1.29 is 22.7 Å². The number of allylic oxidation sites excluding steroid dienone is 4. The van der Waals surface area contributed by atoms with Gasteiger partial charge in [0.15, 0.2) is 0 Å². The van der Waals surface area contributed by atoms with Gasteiger partial charge >= 0.3 is 53.1 Å². The van der Waals surface area contributed by atoms with Gasteiger partial charge in [-0.2, -0.15) is 0 Å². The zero-order valence-corrected chi connectivity index (χ0v) is 34.6. The van der Waals surface area contributed by atoms with Crippen molar-refractivity contribution in [3.05, 3.63) is 112 Å². The molecule has 0 radical (unpaired) electrons. The predicted molar refractivity (Wildman–Crippen MR) is 218 cm³/mol. The maximum atomic E-state index is 12.1. The molecule has 2 aromatic rings. The van der Waals surface area contributed by atoms with E-state index in [1.807, 2.05) is 12.2 Å². The zero-order chi connectivity index (χ0) is 36.6. The summed E-state index contributed by atoms with van der Waals surface area (Å²) in [6.07, 6.45) is 26.6. The number of rotatable bonds is 25. The third-order valence-electron chi connectivity index (χ3n) is 9.59. The molecule has 0 amide bonds. The van der Waals surface area contributed by atoms with Crippen molar-refractivity contribution in [3.63, 3.8) is 0 Å². The van der Waals surface area contributed by atoms with Gasteiger partial charge in [0.1, 0.15) is 0 Å². The van der Waals surface area contributed by atoms with Crippen LogP contribution in [-0.2, 0) is 43.7 Å². The molecule has 3 heteroatoms. The van der Waals surface area contributed by atoms with E-state index in [2.05, 4.69) is 91.1 Å². The SMILES string of the molecule is C=C[CH2][Pd][CH2]C=C.CCCCCc1cc(CCCCC)cc(C2=C(C)C(CCCC)=C(c3cc(CCCCC)cc(CCCCC)c3)[N+]2=[N-])c1. The molecule has 0 aromatic heterocycles. The van der Waals surface area contributed by atoms with Gasteiger partial charge in [-0.25, -0.2) is 4.70 Å². The van der Waals surface area contributed by atoms with E-state index in [1.54, 1.807) is 4.70 Å². The van der Waals surface area contributed by atoms with Crippen LogP contribution in [0.5, 0.6) is 0 Å². The summed E-state index contributed by atoms with van der Waals surface area (Å²) in [6.45, 7) is 20.9. The summed E-state index contributed by atoms with van der Waals surface area (Å²) in [6, 6.07) is 14.4. The van der Waals surface area contributed by atoms with E-state index in [0.717, 1.165) is 74.3 Å². The van der Waals surface area contributed by atoms with E-state index in [9.17, 15) is 5.53 Å². The van der Waals surface area contributed by atoms with Gasteiger partial charge in [0.2, 0.25) is 11.4 Å². The number of hydrogen-bond acceptors (Lipinski definition) is 0. The van der Waals surface area contributed by atoms with Crippen LogP contribution in [0.2, 0.25) is 9.79 Å². The minimum atomic E-state index is 0.832. The van der Waals surface area contributed by atoms with Gasteiger partial charge < -0.3 is 5.53 Å². The molecule has 2 nitrogen and oxygen atoms in total. The molecule has 1 heterocycles. The van der Waals surface area contributed by atoms with Gasteiger partial charge in [0.05, 0.1) is 0 Å². The molecule has 0 aliphatic carbocycles. The van der Waals surface area contributed by atoms with Crippen LogP contribution in [0.3, 0.4) is 0 Å². The molecular formula is C47H72N2Pd. The van der Waals surface area contributed by atoms with E-state index < -0.39 is 0 Å². The van der Waals surface area contributed by atoms with E-state index in [-0.39, 0.29) is 0 Å². The smallest absolute Gasteiger partial charge is 0.211 e. The van der Waals surface area contributed by atoms with Crippen molar-refractivity contribution in [1.29, 1.82) is 0 Å². The fraction of sp³-hybridized carbons (Fsp3) is 0.574. The molecule has 1 aliphatic rings. The monoisotopic (exact) mass is 770 g/mol. The molecule has 0 fully saturated rings. The molecule has 2 aromatic carbocycles. The van der Waals surface area contributed by atoms with Crippen LogP contribution in [0, 0.1) is 0 Å². The van der Waals surface area contributed by atoms with E-state index in [4.69, 9.17) is 0 Å². The Labute approximate surface area is 317 Å². The molecule has 0 N–H and O–H groups in total. The van der Waals surface area contributed by atoms with Crippen molar-refractivity contribution in [2.45, 2.75) is 173 Å². The minimum Gasteiger partial charge on any atom is -0.493 e. The summed E-state index contributed by atoms with van der Waals surface area (Å²) in [5.74, 6) is 0. The molecule has 0 spiro atoms. The van der Waals surface area contributed by atoms with Crippen LogP contribution >= 0.6 is 0 Å². The van der Waals surface area contributed by atoms with Crippen LogP contribution in [0.1, 0.15) is 171 Å². The van der Waals surface area contributed by atoms with Crippen molar-refractivity contribution in [3.8, 4) is 0 Å². The molecular weight excluding hydrogens is 699 g/mol. The van der Waals surface area contributed by atoms with Gasteiger partial charge in [-0.3, -0.25) is 0 Å². The summed E-state index contributed by atoms with van der Waals surface area (Å²) in [7, 11) is 0. The molecule has 3 rings (SSSR count). The van der Waals surface area contributed by atoms with Gasteiger partial charge in [-0.1, -0.05) is 105 Å². The maximum absolute atomic E-state index is 12.1. The van der Waals surface area contributed by atoms with Crippen molar-refractivity contribution >= 4 is 11.4 Å². The third kappa shape index (κ3) is 15.1. The summed E-state index contributed by atoms with van der Waals surface area (Å²) in [4.78, 5) is 2.33. The molecule has 0 unspecified atom stereocenters. The molecule has 0 bridgehead atoms. The van der Waals surface area contributed by atoms with E-state index in [1.165, 1.54) is 131 Å². The average Bonchev–Trinajstić information content (AvgIpc) is 3.36. The Morgan fingerprint density at radius 3 is 1.22 bits per heavy atom. The fourth-order valence-corrected chi connectivity index (χ4v) is 7.78. The number of nitrogens with zero attached hydrogens (tertiary/aromatic N) is 2. The van der Waals surface area contributed by atoms with Crippen molar-refractivity contribution in [1.82, 2.24) is 0 Å². The number of hydrogen-bond donors (Lipinski definition) is 0. The number of aryl methyl sites for hydroxylation is 4. The zero-order valence-electron chi connectivity index (χ0n) is 33.1. The van der Waals surface area contributed by atoms with Crippen LogP contribution in [0.4, 0.5) is 0 Å². The largest absolute Gasteiger partial charge is 0.493 e. The van der Waals surface area contributed by atoms with Gasteiger partial charge in [-0.15, -0.1) is 0 Å². The quantitative estimate of drug-likeness (QED) is 0.0416. The first-order valence-electron chi connectivity index (χ1n) is 20.2. The first-order chi connectivity index (χ1) is 24.4. The molecule has 0 saturated carbocycles. The normalized spacial score (nSPS) is 12.9. The molecule has 1 aliphatic heterocycles. The molecule has 0 saturated heterocycles. The van der Waals surface area contributed by atoms with Gasteiger partial charge in [-0.05, 0) is 118 Å². The fourth-order valence-electron chi connectivity index (χ4n) is 6.89. The van der Waals surface area contributed by atoms with Crippen LogP contribution < -0.4 is 0 Å². The maximum Gasteiger partial charge on any atom is 0.211 e. The third-order valence-corrected chi connectivity index (χ3v) is 11.4. The summed E-state index contributed by atoms with van der Waals surface area (Å²) >= 11 is 0.832. The van der Waals surface area contributed by atoms with Gasteiger partial charge in [0.25, 0.3) is 0 Å². The Morgan fingerprint density at radius 2 is 0.880 bits per heavy atom. The summed E-state index contributed by atoms with van der Waals surface area (Å²) in [5, 5.41) is 0. The number of benzene rings is 2. The second-order valence-electron chi connectivity index (χ2n) is 14.1. The van der Waals surface area contributed by atoms with Crippen LogP contribution in [0.15, 0.2) is 72.9 Å². The minimum absolute atomic E-state index is 0.832. The molecule has 50 heavy (non-hydrogen) atoms. The summed E-state index contributed by atoms with van der Waals surface area (Å²) < 4.78 is 1.59. The van der Waals surface area contributed by atoms with Crippen molar-refractivity contribution in [2.75, 3.05) is 0 Å². The Balaban J connectivity index is 0.00000112. The average molecular weight is 772 g/mol. The second kappa shape index (κ2) is 26.4. The summed E-state index contributed by atoms with van der Waals surface area (Å²) in [5.41, 5.74) is 24.8. The molecule has 280 valence electrons. The Kier molecular flexibility index (Phi) is 23.2. The Morgan fingerprint density at radius 1 is 0.520 bits per heavy atom. The first-order valence-corrected chi connectivity index (χ1v) is 22.4. The number of unbranched alkanes of at least 4 members (excludes halogenated alkanes) is 9. The van der Waals surface area contributed by atoms with Crippen LogP contribution in [0.25, 0.3) is 16.9 Å². The van der Waals surface area contributed by atoms with E-state index >= 15 is 0 Å². The topological polar surface area (TPSA) is 25.3 Å². The van der Waals surface area contributed by atoms with E-state index in [0.29, 0.717) is 0 Å². The predicted octanol–water partition coefficient (Wildman–Crippen LogP) is 15.3. The van der Waals surface area contributed by atoms with Crippen molar-refractivity contribution in [2.24, 2.45) is 0 Å². The first kappa shape index (κ1) is 43.8. The van der Waals surface area contributed by atoms with Crippen LogP contribution in [-0.4, -0.2) is 4.70 Å². The second-order valence-corrected chi connectivity index (χ2v) is 16.2. The van der Waals surface area contributed by atoms with Gasteiger partial charge in [0, 0.05) is 22.3 Å². The Bertz CT molecular complexity index is 1310.